The molecule has 0 aliphatic heterocycles. The highest BCUT2D eigenvalue weighted by Gasteiger charge is 2.21. The number of hydrogen-bond acceptors (Lipinski definition) is 5. The number of hydrogen-bond donors (Lipinski definition) is 2. The largest absolute Gasteiger partial charge is 0.397 e. The normalized spacial score (nSPS) is 12.6. The molecule has 1 unspecified atom stereocenters. The van der Waals surface area contributed by atoms with E-state index in [0.29, 0.717) is 10.3 Å². The second-order valence-electron chi connectivity index (χ2n) is 4.78. The van der Waals surface area contributed by atoms with Crippen molar-refractivity contribution in [3.8, 4) is 0 Å². The van der Waals surface area contributed by atoms with Gasteiger partial charge in [0, 0.05) is 30.8 Å². The van der Waals surface area contributed by atoms with E-state index in [1.54, 1.807) is 13.1 Å². The van der Waals surface area contributed by atoms with Gasteiger partial charge in [-0.05, 0) is 18.2 Å². The van der Waals surface area contributed by atoms with Crippen LogP contribution in [0.3, 0.4) is 0 Å². The zero-order valence-corrected chi connectivity index (χ0v) is 12.6. The number of methoxy groups -OCH3 is 1. The highest BCUT2D eigenvalue weighted by Crippen LogP contribution is 2.34. The maximum atomic E-state index is 13.2. The van der Waals surface area contributed by atoms with Crippen molar-refractivity contribution in [3.63, 3.8) is 0 Å². The summed E-state index contributed by atoms with van der Waals surface area (Å²) in [6.07, 6.45) is -0.767. The Balaban J connectivity index is 2.25. The first-order chi connectivity index (χ1) is 9.93. The third-order valence-electron chi connectivity index (χ3n) is 3.07. The summed E-state index contributed by atoms with van der Waals surface area (Å²) in [5.74, 6) is -0.695. The Hall–Kier alpha value is -1.70. The molecule has 5 nitrogen and oxygen atoms in total. The second kappa shape index (κ2) is 6.38. The van der Waals surface area contributed by atoms with Crippen LogP contribution in [0.4, 0.5) is 10.1 Å². The van der Waals surface area contributed by atoms with E-state index in [0.717, 1.165) is 4.70 Å². The first kappa shape index (κ1) is 15.7. The van der Waals surface area contributed by atoms with Crippen LogP contribution in [0.5, 0.6) is 0 Å². The van der Waals surface area contributed by atoms with Crippen LogP contribution in [0.2, 0.25) is 0 Å². The smallest absolute Gasteiger partial charge is 0.265 e. The van der Waals surface area contributed by atoms with Gasteiger partial charge in [-0.15, -0.1) is 11.3 Å². The Kier molecular flexibility index (Phi) is 4.76. The first-order valence-corrected chi connectivity index (χ1v) is 7.15. The first-order valence-electron chi connectivity index (χ1n) is 6.34. The van der Waals surface area contributed by atoms with Crippen LogP contribution in [0.15, 0.2) is 18.2 Å². The monoisotopic (exact) mass is 312 g/mol. The van der Waals surface area contributed by atoms with Crippen molar-refractivity contribution in [3.05, 3.63) is 28.9 Å². The molecule has 1 heterocycles. The van der Waals surface area contributed by atoms with Gasteiger partial charge < -0.3 is 20.5 Å². The van der Waals surface area contributed by atoms with Gasteiger partial charge in [-0.25, -0.2) is 4.39 Å². The molecule has 2 aromatic rings. The van der Waals surface area contributed by atoms with E-state index >= 15 is 0 Å². The van der Waals surface area contributed by atoms with E-state index in [1.807, 2.05) is 0 Å². The summed E-state index contributed by atoms with van der Waals surface area (Å²) in [6, 6.07) is 4.25. The van der Waals surface area contributed by atoms with Gasteiger partial charge in [0.25, 0.3) is 5.91 Å². The number of carbonyl (C=O) groups is 1. The molecule has 1 atom stereocenters. The number of likely N-dealkylation sites (N-methyl/N-ethyl adjacent to an activating group) is 1. The molecule has 21 heavy (non-hydrogen) atoms. The fourth-order valence-corrected chi connectivity index (χ4v) is 3.16. The van der Waals surface area contributed by atoms with E-state index in [2.05, 4.69) is 0 Å². The van der Waals surface area contributed by atoms with Gasteiger partial charge in [-0.3, -0.25) is 4.79 Å². The molecule has 3 N–H and O–H groups in total. The van der Waals surface area contributed by atoms with Gasteiger partial charge in [-0.1, -0.05) is 0 Å². The summed E-state index contributed by atoms with van der Waals surface area (Å²) in [4.78, 5) is 14.1. The van der Waals surface area contributed by atoms with E-state index in [-0.39, 0.29) is 24.7 Å². The number of halogens is 1. The fourth-order valence-electron chi connectivity index (χ4n) is 2.07. The minimum absolute atomic E-state index is 0.134. The summed E-state index contributed by atoms with van der Waals surface area (Å²) < 4.78 is 18.8. The fraction of sp³-hybridized carbons (Fsp3) is 0.357. The highest BCUT2D eigenvalue weighted by atomic mass is 32.1. The van der Waals surface area contributed by atoms with Crippen LogP contribution in [0, 0.1) is 5.82 Å². The van der Waals surface area contributed by atoms with Crippen LogP contribution in [-0.4, -0.2) is 49.3 Å². The average Bonchev–Trinajstić information content (AvgIpc) is 2.75. The van der Waals surface area contributed by atoms with Crippen molar-refractivity contribution in [2.24, 2.45) is 0 Å². The zero-order valence-electron chi connectivity index (χ0n) is 11.8. The summed E-state index contributed by atoms with van der Waals surface area (Å²) in [5.41, 5.74) is 6.22. The van der Waals surface area contributed by atoms with Crippen molar-refractivity contribution >= 4 is 33.0 Å². The number of benzene rings is 1. The van der Waals surface area contributed by atoms with Gasteiger partial charge in [0.2, 0.25) is 0 Å². The lowest BCUT2D eigenvalue weighted by Gasteiger charge is -2.20. The molecule has 2 rings (SSSR count). The number of aliphatic hydroxyl groups is 1. The van der Waals surface area contributed by atoms with Crippen molar-refractivity contribution < 1.29 is 19.0 Å². The second-order valence-corrected chi connectivity index (χ2v) is 5.83. The summed E-state index contributed by atoms with van der Waals surface area (Å²) in [7, 11) is 3.05. The predicted molar refractivity (Wildman–Crippen MR) is 81.0 cm³/mol. The molecule has 0 fully saturated rings. The summed E-state index contributed by atoms with van der Waals surface area (Å²) in [6.45, 7) is 0.277. The minimum Gasteiger partial charge on any atom is -0.397 e. The molecule has 0 spiro atoms. The molecule has 1 amide bonds. The molecule has 1 aromatic carbocycles. The number of fused-ring (bicyclic) bond motifs is 1. The number of nitrogens with zero attached hydrogens (tertiary/aromatic N) is 1. The molecular formula is C14H17FN2O3S. The number of anilines is 1. The molecule has 114 valence electrons. The van der Waals surface area contributed by atoms with Gasteiger partial charge >= 0.3 is 0 Å². The number of ether oxygens (including phenoxy) is 1. The van der Waals surface area contributed by atoms with E-state index in [1.165, 1.54) is 35.5 Å². The Bertz CT molecular complexity index is 659. The van der Waals surface area contributed by atoms with Gasteiger partial charge in [0.1, 0.15) is 10.7 Å². The topological polar surface area (TPSA) is 75.8 Å². The molecule has 1 aromatic heterocycles. The molecule has 0 radical (unpaired) electrons. The maximum absolute atomic E-state index is 13.2. The van der Waals surface area contributed by atoms with E-state index in [4.69, 9.17) is 10.5 Å². The van der Waals surface area contributed by atoms with E-state index in [9.17, 15) is 14.3 Å². The highest BCUT2D eigenvalue weighted by molar-refractivity contribution is 7.21. The standard InChI is InChI=1S/C14H17FN2O3S/c1-17(6-9(18)7-20-2)14(19)13-12(16)10-5-8(15)3-4-11(10)21-13/h3-5,9,18H,6-7,16H2,1-2H3. The Morgan fingerprint density at radius 1 is 1.57 bits per heavy atom. The quantitative estimate of drug-likeness (QED) is 0.881. The Labute approximate surface area is 125 Å². The van der Waals surface area contributed by atoms with Crippen LogP contribution in [0.25, 0.3) is 10.1 Å². The Morgan fingerprint density at radius 2 is 2.29 bits per heavy atom. The number of carbonyl (C=O) groups excluding carboxylic acids is 1. The SMILES string of the molecule is COCC(O)CN(C)C(=O)c1sc2ccc(F)cc2c1N. The minimum atomic E-state index is -0.767. The maximum Gasteiger partial charge on any atom is 0.265 e. The van der Waals surface area contributed by atoms with Crippen molar-refractivity contribution in [2.75, 3.05) is 33.0 Å². The number of thiophene rings is 1. The third-order valence-corrected chi connectivity index (χ3v) is 4.25. The van der Waals surface area contributed by atoms with Crippen molar-refractivity contribution in [1.29, 1.82) is 0 Å². The molecule has 0 aliphatic rings. The van der Waals surface area contributed by atoms with Crippen LogP contribution in [-0.2, 0) is 4.74 Å². The molecule has 7 heteroatoms. The molecule has 0 bridgehead atoms. The van der Waals surface area contributed by atoms with Crippen LogP contribution >= 0.6 is 11.3 Å². The zero-order chi connectivity index (χ0) is 15.6. The molecule has 0 aliphatic carbocycles. The third kappa shape index (κ3) is 3.31. The molecule has 0 saturated carbocycles. The summed E-state index contributed by atoms with van der Waals surface area (Å²) >= 11 is 1.21. The average molecular weight is 312 g/mol. The lowest BCUT2D eigenvalue weighted by molar-refractivity contribution is 0.0382. The number of nitrogens with two attached hydrogens (primary N) is 1. The summed E-state index contributed by atoms with van der Waals surface area (Å²) in [5, 5.41) is 10.2. The van der Waals surface area contributed by atoms with Gasteiger partial charge in [0.15, 0.2) is 0 Å². The van der Waals surface area contributed by atoms with E-state index < -0.39 is 11.9 Å². The van der Waals surface area contributed by atoms with Gasteiger partial charge in [0.05, 0.1) is 18.4 Å². The lowest BCUT2D eigenvalue weighted by Crippen LogP contribution is -2.36. The van der Waals surface area contributed by atoms with Gasteiger partial charge in [-0.2, -0.15) is 0 Å². The number of aliphatic hydroxyl groups excluding tert-OH is 1. The lowest BCUT2D eigenvalue weighted by atomic mass is 10.2. The Morgan fingerprint density at radius 3 is 2.95 bits per heavy atom. The molecular weight excluding hydrogens is 295 g/mol. The van der Waals surface area contributed by atoms with Crippen LogP contribution < -0.4 is 5.73 Å². The van der Waals surface area contributed by atoms with Crippen molar-refractivity contribution in [1.82, 2.24) is 4.90 Å². The predicted octanol–water partition coefficient (Wildman–Crippen LogP) is 1.70. The number of amides is 1. The number of nitrogen functional groups attached to an aromatic ring is 1. The van der Waals surface area contributed by atoms with Crippen LogP contribution in [0.1, 0.15) is 9.67 Å². The number of rotatable bonds is 5. The molecule has 0 saturated heterocycles. The van der Waals surface area contributed by atoms with Crippen molar-refractivity contribution in [2.45, 2.75) is 6.10 Å².